The van der Waals surface area contributed by atoms with Crippen LogP contribution < -0.4 is 10.6 Å². The van der Waals surface area contributed by atoms with E-state index in [4.69, 9.17) is 24.4 Å². The van der Waals surface area contributed by atoms with Crippen LogP contribution in [0, 0.1) is 0 Å². The minimum atomic E-state index is 0.363. The molecular weight excluding hydrogens is 220 g/mol. The summed E-state index contributed by atoms with van der Waals surface area (Å²) in [5, 5.41) is 6.23. The lowest BCUT2D eigenvalue weighted by Gasteiger charge is -2.13. The van der Waals surface area contributed by atoms with Crippen molar-refractivity contribution in [2.75, 3.05) is 0 Å². The highest BCUT2D eigenvalue weighted by Crippen LogP contribution is 2.05. The summed E-state index contributed by atoms with van der Waals surface area (Å²) in [5.41, 5.74) is 0. The molecule has 0 aromatic rings. The van der Waals surface area contributed by atoms with Gasteiger partial charge in [0.15, 0.2) is 0 Å². The average molecular weight is 236 g/mol. The fourth-order valence-electron chi connectivity index (χ4n) is 0.615. The van der Waals surface area contributed by atoms with Crippen LogP contribution in [0.4, 0.5) is 0 Å². The quantitative estimate of drug-likeness (QED) is 0.717. The predicted octanol–water partition coefficient (Wildman–Crippen LogP) is 2.29. The highest BCUT2D eigenvalue weighted by atomic mass is 32.2. The molecule has 0 heterocycles. The Morgan fingerprint density at radius 1 is 0.923 bits per heavy atom. The SMILES string of the molecule is CC(C)NC(=S)SC(=S)NC(C)C. The summed E-state index contributed by atoms with van der Waals surface area (Å²) in [7, 11) is 0. The molecule has 2 N–H and O–H groups in total. The molecule has 0 atom stereocenters. The number of thiocarbonyl (C=S) groups is 2. The van der Waals surface area contributed by atoms with Crippen LogP contribution in [0.1, 0.15) is 27.7 Å². The van der Waals surface area contributed by atoms with Crippen molar-refractivity contribution in [2.24, 2.45) is 0 Å². The first-order chi connectivity index (χ1) is 5.91. The summed E-state index contributed by atoms with van der Waals surface area (Å²) in [6.07, 6.45) is 0. The molecule has 13 heavy (non-hydrogen) atoms. The molecule has 76 valence electrons. The molecule has 0 saturated heterocycles. The van der Waals surface area contributed by atoms with E-state index in [2.05, 4.69) is 10.6 Å². The molecule has 0 fully saturated rings. The maximum atomic E-state index is 5.08. The van der Waals surface area contributed by atoms with Crippen molar-refractivity contribution >= 4 is 44.8 Å². The topological polar surface area (TPSA) is 24.1 Å². The molecular formula is C8H16N2S3. The third kappa shape index (κ3) is 8.46. The molecule has 0 radical (unpaired) electrons. The van der Waals surface area contributed by atoms with Gasteiger partial charge in [0, 0.05) is 12.1 Å². The van der Waals surface area contributed by atoms with Crippen molar-refractivity contribution in [1.82, 2.24) is 10.6 Å². The predicted molar refractivity (Wildman–Crippen MR) is 69.3 cm³/mol. The Kier molecular flexibility index (Phi) is 6.63. The fraction of sp³-hybridized carbons (Fsp3) is 0.750. The highest BCUT2D eigenvalue weighted by Gasteiger charge is 2.04. The Balaban J connectivity index is 3.72. The summed E-state index contributed by atoms with van der Waals surface area (Å²) in [4.78, 5) is 0. The van der Waals surface area contributed by atoms with Gasteiger partial charge in [0.2, 0.25) is 0 Å². The second-order valence-corrected chi connectivity index (χ2v) is 5.63. The van der Waals surface area contributed by atoms with Crippen LogP contribution in [-0.4, -0.2) is 20.7 Å². The van der Waals surface area contributed by atoms with Crippen LogP contribution in [-0.2, 0) is 0 Å². The smallest absolute Gasteiger partial charge is 0.141 e. The molecule has 0 saturated carbocycles. The first kappa shape index (κ1) is 13.1. The first-order valence-electron chi connectivity index (χ1n) is 4.20. The molecule has 0 aliphatic heterocycles. The van der Waals surface area contributed by atoms with E-state index in [0.717, 1.165) is 8.64 Å². The van der Waals surface area contributed by atoms with Gasteiger partial charge in [-0.05, 0) is 39.5 Å². The van der Waals surface area contributed by atoms with Gasteiger partial charge >= 0.3 is 0 Å². The fourth-order valence-corrected chi connectivity index (χ4v) is 2.50. The molecule has 0 amide bonds. The summed E-state index contributed by atoms with van der Waals surface area (Å²) in [5.74, 6) is 0. The molecule has 0 bridgehead atoms. The molecule has 5 heteroatoms. The average Bonchev–Trinajstić information content (AvgIpc) is 1.80. The summed E-state index contributed by atoms with van der Waals surface area (Å²) >= 11 is 11.6. The van der Waals surface area contributed by atoms with Crippen molar-refractivity contribution < 1.29 is 0 Å². The monoisotopic (exact) mass is 236 g/mol. The lowest BCUT2D eigenvalue weighted by atomic mass is 10.4. The van der Waals surface area contributed by atoms with Gasteiger partial charge in [0.05, 0.1) is 0 Å². The van der Waals surface area contributed by atoms with E-state index in [0.29, 0.717) is 12.1 Å². The standard InChI is InChI=1S/C8H16N2S3/c1-5(2)9-7(11)13-8(12)10-6(3)4/h5-6H,1-4H3,(H,9,11)(H,10,12). The van der Waals surface area contributed by atoms with Crippen molar-refractivity contribution in [3.8, 4) is 0 Å². The molecule has 0 unspecified atom stereocenters. The summed E-state index contributed by atoms with van der Waals surface area (Å²) in [6.45, 7) is 8.19. The van der Waals surface area contributed by atoms with E-state index in [1.165, 1.54) is 11.8 Å². The van der Waals surface area contributed by atoms with Crippen LogP contribution in [0.2, 0.25) is 0 Å². The molecule has 0 spiro atoms. The maximum absolute atomic E-state index is 5.08. The van der Waals surface area contributed by atoms with Gasteiger partial charge in [0.25, 0.3) is 0 Å². The molecule has 0 aliphatic rings. The van der Waals surface area contributed by atoms with Crippen LogP contribution in [0.5, 0.6) is 0 Å². The van der Waals surface area contributed by atoms with Gasteiger partial charge in [-0.3, -0.25) is 0 Å². The number of hydrogen-bond acceptors (Lipinski definition) is 3. The Labute approximate surface area is 95.2 Å². The molecule has 0 aromatic carbocycles. The van der Waals surface area contributed by atoms with Crippen molar-refractivity contribution in [3.05, 3.63) is 0 Å². The number of hydrogen-bond donors (Lipinski definition) is 2. The van der Waals surface area contributed by atoms with Crippen LogP contribution in [0.25, 0.3) is 0 Å². The van der Waals surface area contributed by atoms with Crippen molar-refractivity contribution in [2.45, 2.75) is 39.8 Å². The number of rotatable bonds is 2. The second kappa shape index (κ2) is 6.56. The second-order valence-electron chi connectivity index (χ2n) is 3.28. The van der Waals surface area contributed by atoms with Gasteiger partial charge in [-0.1, -0.05) is 24.4 Å². The third-order valence-corrected chi connectivity index (χ3v) is 2.34. The van der Waals surface area contributed by atoms with Crippen molar-refractivity contribution in [1.29, 1.82) is 0 Å². The zero-order chi connectivity index (χ0) is 10.4. The number of thioether (sulfide) groups is 1. The Hall–Kier alpha value is 0.130. The lowest BCUT2D eigenvalue weighted by Crippen LogP contribution is -2.32. The van der Waals surface area contributed by atoms with E-state index >= 15 is 0 Å². The largest absolute Gasteiger partial charge is 0.368 e. The zero-order valence-corrected chi connectivity index (χ0v) is 10.8. The van der Waals surface area contributed by atoms with Gasteiger partial charge in [-0.25, -0.2) is 0 Å². The van der Waals surface area contributed by atoms with Crippen LogP contribution >= 0.6 is 36.2 Å². The zero-order valence-electron chi connectivity index (χ0n) is 8.38. The highest BCUT2D eigenvalue weighted by molar-refractivity contribution is 8.37. The maximum Gasteiger partial charge on any atom is 0.141 e. The van der Waals surface area contributed by atoms with Gasteiger partial charge < -0.3 is 10.6 Å². The van der Waals surface area contributed by atoms with E-state index < -0.39 is 0 Å². The molecule has 0 rings (SSSR count). The van der Waals surface area contributed by atoms with E-state index in [9.17, 15) is 0 Å². The molecule has 0 aromatic heterocycles. The summed E-state index contributed by atoms with van der Waals surface area (Å²) < 4.78 is 1.46. The Morgan fingerprint density at radius 3 is 1.46 bits per heavy atom. The molecule has 2 nitrogen and oxygen atoms in total. The molecule has 0 aliphatic carbocycles. The minimum Gasteiger partial charge on any atom is -0.368 e. The normalized spacial score (nSPS) is 10.3. The Morgan fingerprint density at radius 2 is 1.23 bits per heavy atom. The van der Waals surface area contributed by atoms with Gasteiger partial charge in [0.1, 0.15) is 8.64 Å². The van der Waals surface area contributed by atoms with E-state index in [1.807, 2.05) is 27.7 Å². The van der Waals surface area contributed by atoms with Gasteiger partial charge in [-0.15, -0.1) is 0 Å². The van der Waals surface area contributed by atoms with Crippen molar-refractivity contribution in [3.63, 3.8) is 0 Å². The van der Waals surface area contributed by atoms with E-state index in [-0.39, 0.29) is 0 Å². The van der Waals surface area contributed by atoms with Gasteiger partial charge in [-0.2, -0.15) is 0 Å². The lowest BCUT2D eigenvalue weighted by molar-refractivity contribution is 0.744. The number of nitrogens with one attached hydrogen (secondary N) is 2. The first-order valence-corrected chi connectivity index (χ1v) is 5.84. The van der Waals surface area contributed by atoms with Crippen LogP contribution in [0.3, 0.4) is 0 Å². The Bertz CT molecular complexity index is 170. The van der Waals surface area contributed by atoms with Crippen LogP contribution in [0.15, 0.2) is 0 Å². The third-order valence-electron chi connectivity index (χ3n) is 0.998. The minimum absolute atomic E-state index is 0.363. The van der Waals surface area contributed by atoms with E-state index in [1.54, 1.807) is 0 Å². The summed E-state index contributed by atoms with van der Waals surface area (Å²) in [6, 6.07) is 0.726.